The van der Waals surface area contributed by atoms with Crippen molar-refractivity contribution in [3.05, 3.63) is 0 Å². The van der Waals surface area contributed by atoms with Crippen molar-refractivity contribution in [1.29, 1.82) is 0 Å². The number of nitrogens with zero attached hydrogens (tertiary/aromatic N) is 1. The molecule has 0 fully saturated rings. The molecular weight excluding hydrogens is 863 g/mol. The molecule has 0 aliphatic heterocycles. The predicted octanol–water partition coefficient (Wildman–Crippen LogP) is 12.6. The Morgan fingerprint density at radius 2 is 0.609 bits per heavy atom. The van der Waals surface area contributed by atoms with E-state index in [1.165, 1.54) is 199 Å². The van der Waals surface area contributed by atoms with Crippen molar-refractivity contribution in [1.82, 2.24) is 26.2 Å². The van der Waals surface area contributed by atoms with Crippen LogP contribution >= 0.6 is 0 Å². The van der Waals surface area contributed by atoms with Crippen LogP contribution in [0.4, 0.5) is 0 Å². The maximum atomic E-state index is 12.4. The summed E-state index contributed by atoms with van der Waals surface area (Å²) >= 11 is 0. The van der Waals surface area contributed by atoms with E-state index in [0.29, 0.717) is 52.0 Å². The molecule has 0 saturated carbocycles. The molecular formula is C58H119N5O6. The number of aliphatic hydroxyl groups is 3. The van der Waals surface area contributed by atoms with Gasteiger partial charge in [-0.05, 0) is 25.7 Å². The fourth-order valence-electron chi connectivity index (χ4n) is 8.83. The molecule has 0 rings (SSSR count). The van der Waals surface area contributed by atoms with Crippen LogP contribution in [0.15, 0.2) is 0 Å². The number of carbonyl (C=O) groups excluding carboxylic acids is 3. The highest BCUT2D eigenvalue weighted by atomic mass is 16.3. The van der Waals surface area contributed by atoms with Crippen LogP contribution in [-0.4, -0.2) is 109 Å². The molecule has 3 amide bonds. The number of amides is 3. The van der Waals surface area contributed by atoms with Crippen molar-refractivity contribution < 1.29 is 29.7 Å². The molecule has 1 atom stereocenters. The largest absolute Gasteiger partial charge is 0.395 e. The second-order valence-electron chi connectivity index (χ2n) is 20.3. The predicted molar refractivity (Wildman–Crippen MR) is 295 cm³/mol. The highest BCUT2D eigenvalue weighted by Gasteiger charge is 2.19. The molecule has 0 heterocycles. The summed E-state index contributed by atoms with van der Waals surface area (Å²) in [6.45, 7) is 12.2. The van der Waals surface area contributed by atoms with Crippen molar-refractivity contribution >= 4 is 17.7 Å². The van der Waals surface area contributed by atoms with Crippen LogP contribution in [0.25, 0.3) is 0 Å². The van der Waals surface area contributed by atoms with Gasteiger partial charge in [-0.2, -0.15) is 0 Å². The van der Waals surface area contributed by atoms with Gasteiger partial charge in [0.2, 0.25) is 17.7 Å². The van der Waals surface area contributed by atoms with Crippen molar-refractivity contribution in [2.75, 3.05) is 59.1 Å². The zero-order valence-electron chi connectivity index (χ0n) is 46.3. The lowest BCUT2D eigenvalue weighted by Gasteiger charge is -2.28. The quantitative estimate of drug-likeness (QED) is 0.0296. The van der Waals surface area contributed by atoms with E-state index >= 15 is 0 Å². The van der Waals surface area contributed by atoms with Gasteiger partial charge in [-0.25, -0.2) is 0 Å². The maximum Gasteiger partial charge on any atom is 0.221 e. The number of unbranched alkanes of at least 4 members (excludes halogenated alkanes) is 33. The Labute approximate surface area is 427 Å². The van der Waals surface area contributed by atoms with Crippen molar-refractivity contribution in [3.8, 4) is 0 Å². The van der Waals surface area contributed by atoms with Gasteiger partial charge in [0.1, 0.15) is 0 Å². The Kier molecular flexibility index (Phi) is 59.0. The Balaban J connectivity index is 0. The van der Waals surface area contributed by atoms with E-state index in [1.807, 2.05) is 11.8 Å². The summed E-state index contributed by atoms with van der Waals surface area (Å²) in [6, 6.07) is -0.340. The van der Waals surface area contributed by atoms with Gasteiger partial charge in [-0.1, -0.05) is 240 Å². The Bertz CT molecular complexity index is 1000. The lowest BCUT2D eigenvalue weighted by Crippen LogP contribution is -2.44. The van der Waals surface area contributed by atoms with E-state index in [1.54, 1.807) is 0 Å². The Morgan fingerprint density at radius 1 is 0.348 bits per heavy atom. The second kappa shape index (κ2) is 58.8. The molecule has 0 aromatic rings. The topological polar surface area (TPSA) is 163 Å². The van der Waals surface area contributed by atoms with Gasteiger partial charge in [-0.3, -0.25) is 19.3 Å². The van der Waals surface area contributed by atoms with E-state index in [-0.39, 0.29) is 43.6 Å². The number of hydrogen-bond donors (Lipinski definition) is 7. The van der Waals surface area contributed by atoms with Gasteiger partial charge in [0.15, 0.2) is 0 Å². The van der Waals surface area contributed by atoms with E-state index in [9.17, 15) is 24.6 Å². The highest BCUT2D eigenvalue weighted by molar-refractivity contribution is 5.77. The number of rotatable bonds is 54. The zero-order chi connectivity index (χ0) is 50.9. The van der Waals surface area contributed by atoms with Gasteiger partial charge < -0.3 is 36.6 Å². The molecule has 0 aliphatic carbocycles. The van der Waals surface area contributed by atoms with E-state index < -0.39 is 6.04 Å². The first-order valence-electron chi connectivity index (χ1n) is 29.9. The third kappa shape index (κ3) is 53.8. The normalized spacial score (nSPS) is 11.8. The third-order valence-electron chi connectivity index (χ3n) is 13.7. The molecule has 0 saturated heterocycles. The van der Waals surface area contributed by atoms with E-state index in [4.69, 9.17) is 5.11 Å². The van der Waals surface area contributed by atoms with Gasteiger partial charge in [0.25, 0.3) is 0 Å². The molecule has 0 spiro atoms. The number of nitrogens with one attached hydrogen (secondary N) is 4. The average Bonchev–Trinajstić information content (AvgIpc) is 3.35. The van der Waals surface area contributed by atoms with Crippen LogP contribution in [0.3, 0.4) is 0 Å². The standard InChI is InChI=1S/C37H75N3O4.C21H44N2O2/c1-3-5-7-9-11-13-15-17-19-21-23-25-29-38-36(43)27-31-40(35(33-41)34-42)32-28-37(44)39-30-26-24-22-20-18-16-14-12-10-8-6-4-2;1-3-5-6-7-8-9-10-11-12-13-14-15-17-23-21(25)16-18-22-20(4-2)19-24/h35,41-42H,3-34H2,1-2H3,(H,38,43)(H,39,44);20,22,24H,3-19H2,1-2H3,(H,23,25). The van der Waals surface area contributed by atoms with Crippen molar-refractivity contribution in [2.24, 2.45) is 0 Å². The Hall–Kier alpha value is -1.79. The van der Waals surface area contributed by atoms with Crippen LogP contribution in [0, 0.1) is 0 Å². The first kappa shape index (κ1) is 69.3. The fourth-order valence-corrected chi connectivity index (χ4v) is 8.83. The monoisotopic (exact) mass is 982 g/mol. The number of aliphatic hydroxyl groups excluding tert-OH is 3. The molecule has 0 bridgehead atoms. The van der Waals surface area contributed by atoms with Crippen LogP contribution in [0.1, 0.15) is 285 Å². The first-order chi connectivity index (χ1) is 33.8. The lowest BCUT2D eigenvalue weighted by molar-refractivity contribution is -0.122. The smallest absolute Gasteiger partial charge is 0.221 e. The van der Waals surface area contributed by atoms with Crippen LogP contribution in [0.5, 0.6) is 0 Å². The maximum absolute atomic E-state index is 12.4. The summed E-state index contributed by atoms with van der Waals surface area (Å²) in [4.78, 5) is 38.3. The summed E-state index contributed by atoms with van der Waals surface area (Å²) in [5.74, 6) is 0.0941. The van der Waals surface area contributed by atoms with Crippen molar-refractivity contribution in [2.45, 2.75) is 297 Å². The number of carbonyl (C=O) groups is 3. The zero-order valence-corrected chi connectivity index (χ0v) is 46.3. The average molecular weight is 983 g/mol. The second-order valence-corrected chi connectivity index (χ2v) is 20.3. The van der Waals surface area contributed by atoms with Crippen molar-refractivity contribution in [3.63, 3.8) is 0 Å². The van der Waals surface area contributed by atoms with E-state index in [2.05, 4.69) is 42.0 Å². The van der Waals surface area contributed by atoms with Gasteiger partial charge in [0, 0.05) is 64.6 Å². The molecule has 0 radical (unpaired) electrons. The lowest BCUT2D eigenvalue weighted by atomic mass is 10.1. The van der Waals surface area contributed by atoms with Crippen LogP contribution in [0.2, 0.25) is 0 Å². The summed E-state index contributed by atoms with van der Waals surface area (Å²) in [5.41, 5.74) is 0. The summed E-state index contributed by atoms with van der Waals surface area (Å²) < 4.78 is 0. The molecule has 0 aromatic carbocycles. The van der Waals surface area contributed by atoms with E-state index in [0.717, 1.165) is 45.1 Å². The minimum Gasteiger partial charge on any atom is -0.395 e. The van der Waals surface area contributed by atoms with Gasteiger partial charge in [0.05, 0.1) is 25.9 Å². The summed E-state index contributed by atoms with van der Waals surface area (Å²) in [7, 11) is 0. The first-order valence-corrected chi connectivity index (χ1v) is 29.9. The highest BCUT2D eigenvalue weighted by Crippen LogP contribution is 2.14. The number of hydrogen-bond acceptors (Lipinski definition) is 8. The molecule has 0 aliphatic rings. The SMILES string of the molecule is CCCCCCCCCCCCCCNC(=O)CCN(CCC(=O)NCCCCCCCCCCCCCC)C(CO)CO.CCCCCCCCCCCCCCNC(=O)CCNC(CC)CO. The minimum atomic E-state index is -0.455. The molecule has 7 N–H and O–H groups in total. The van der Waals surface area contributed by atoms with Crippen LogP contribution < -0.4 is 21.3 Å². The van der Waals surface area contributed by atoms with Crippen LogP contribution in [-0.2, 0) is 14.4 Å². The molecule has 69 heavy (non-hydrogen) atoms. The summed E-state index contributed by atoms with van der Waals surface area (Å²) in [6.07, 6.45) is 49.2. The summed E-state index contributed by atoms with van der Waals surface area (Å²) in [5, 5.41) is 40.7. The molecule has 0 aromatic heterocycles. The fraction of sp³-hybridized carbons (Fsp3) is 0.948. The minimum absolute atomic E-state index is 0.0101. The molecule has 412 valence electrons. The van der Waals surface area contributed by atoms with Gasteiger partial charge in [-0.15, -0.1) is 0 Å². The molecule has 1 unspecified atom stereocenters. The molecule has 11 nitrogen and oxygen atoms in total. The van der Waals surface area contributed by atoms with Gasteiger partial charge >= 0.3 is 0 Å². The Morgan fingerprint density at radius 3 is 0.855 bits per heavy atom. The molecule has 11 heteroatoms. The third-order valence-corrected chi connectivity index (χ3v) is 13.7.